The van der Waals surface area contributed by atoms with Crippen LogP contribution in [0.5, 0.6) is 0 Å². The maximum Gasteiger partial charge on any atom is 0.185 e. The van der Waals surface area contributed by atoms with Crippen LogP contribution in [0.3, 0.4) is 0 Å². The molecule has 0 saturated heterocycles. The molecule has 1 heterocycles. The van der Waals surface area contributed by atoms with Crippen molar-refractivity contribution < 1.29 is 4.74 Å². The minimum atomic E-state index is 0.176. The van der Waals surface area contributed by atoms with Crippen LogP contribution < -0.4 is 5.32 Å². The molecule has 1 N–H and O–H groups in total. The molecule has 2 aromatic rings. The van der Waals surface area contributed by atoms with Crippen molar-refractivity contribution in [3.8, 4) is 0 Å². The molecule has 0 saturated carbocycles. The highest BCUT2D eigenvalue weighted by Gasteiger charge is 2.17. The summed E-state index contributed by atoms with van der Waals surface area (Å²) >= 11 is 0. The first kappa shape index (κ1) is 12.7. The first-order chi connectivity index (χ1) is 9.92. The van der Waals surface area contributed by atoms with Gasteiger partial charge in [-0.2, -0.15) is 0 Å². The molecule has 3 nitrogen and oxygen atoms in total. The Hall–Kier alpha value is -2.29. The van der Waals surface area contributed by atoms with Crippen LogP contribution >= 0.6 is 0 Å². The smallest absolute Gasteiger partial charge is 0.185 e. The minimum Gasteiger partial charge on any atom is -0.479 e. The largest absolute Gasteiger partial charge is 0.479 e. The Morgan fingerprint density at radius 3 is 2.35 bits per heavy atom. The normalized spacial score (nSPS) is 15.3. The Morgan fingerprint density at radius 1 is 1.00 bits per heavy atom. The summed E-state index contributed by atoms with van der Waals surface area (Å²) in [5, 5.41) is 3.56. The minimum absolute atomic E-state index is 0.176. The first-order valence-electron chi connectivity index (χ1n) is 6.94. The number of nitrogens with one attached hydrogen (secondary N) is 1. The van der Waals surface area contributed by atoms with Gasteiger partial charge in [-0.25, -0.2) is 0 Å². The molecule has 3 rings (SSSR count). The van der Waals surface area contributed by atoms with Gasteiger partial charge in [-0.15, -0.1) is 0 Å². The van der Waals surface area contributed by atoms with Crippen LogP contribution in [0, 0.1) is 0 Å². The summed E-state index contributed by atoms with van der Waals surface area (Å²) in [6, 6.07) is 20.8. The van der Waals surface area contributed by atoms with E-state index in [-0.39, 0.29) is 6.04 Å². The summed E-state index contributed by atoms with van der Waals surface area (Å²) in [7, 11) is 0. The van der Waals surface area contributed by atoms with Crippen LogP contribution in [0.4, 0.5) is 5.69 Å². The molecule has 1 aliphatic rings. The van der Waals surface area contributed by atoms with Crippen molar-refractivity contribution >= 4 is 11.6 Å². The van der Waals surface area contributed by atoms with E-state index in [0.29, 0.717) is 6.61 Å². The fraction of sp³-hybridized carbons (Fsp3) is 0.235. The van der Waals surface area contributed by atoms with Gasteiger partial charge in [-0.3, -0.25) is 4.99 Å². The van der Waals surface area contributed by atoms with Crippen molar-refractivity contribution in [3.05, 3.63) is 66.2 Å². The SMILES string of the molecule is c1ccc(N[C@H](CC2=NCCO2)c2ccccc2)cc1. The zero-order chi connectivity index (χ0) is 13.6. The number of aliphatic imine (C=N–C) groups is 1. The highest BCUT2D eigenvalue weighted by Crippen LogP contribution is 2.24. The topological polar surface area (TPSA) is 33.6 Å². The van der Waals surface area contributed by atoms with Crippen LogP contribution in [0.25, 0.3) is 0 Å². The zero-order valence-electron chi connectivity index (χ0n) is 11.3. The highest BCUT2D eigenvalue weighted by atomic mass is 16.5. The Labute approximate surface area is 119 Å². The average molecular weight is 266 g/mol. The number of rotatable bonds is 5. The van der Waals surface area contributed by atoms with Gasteiger partial charge in [0.25, 0.3) is 0 Å². The van der Waals surface area contributed by atoms with Gasteiger partial charge < -0.3 is 10.1 Å². The van der Waals surface area contributed by atoms with Crippen molar-refractivity contribution in [1.82, 2.24) is 0 Å². The van der Waals surface area contributed by atoms with Gasteiger partial charge in [0.2, 0.25) is 0 Å². The number of benzene rings is 2. The molecule has 0 fully saturated rings. The van der Waals surface area contributed by atoms with E-state index in [2.05, 4.69) is 46.7 Å². The first-order valence-corrected chi connectivity index (χ1v) is 6.94. The van der Waals surface area contributed by atoms with Crippen LogP contribution in [0.2, 0.25) is 0 Å². The van der Waals surface area contributed by atoms with Gasteiger partial charge in [-0.05, 0) is 17.7 Å². The van der Waals surface area contributed by atoms with E-state index in [4.69, 9.17) is 4.74 Å². The van der Waals surface area contributed by atoms with Gasteiger partial charge in [0, 0.05) is 12.1 Å². The number of para-hydroxylation sites is 1. The van der Waals surface area contributed by atoms with E-state index >= 15 is 0 Å². The van der Waals surface area contributed by atoms with E-state index in [0.717, 1.165) is 24.6 Å². The van der Waals surface area contributed by atoms with E-state index in [1.165, 1.54) is 5.56 Å². The molecular formula is C17H18N2O. The zero-order valence-corrected chi connectivity index (χ0v) is 11.3. The van der Waals surface area contributed by atoms with Crippen molar-refractivity contribution in [1.29, 1.82) is 0 Å². The lowest BCUT2D eigenvalue weighted by molar-refractivity contribution is 0.336. The van der Waals surface area contributed by atoms with Crippen molar-refractivity contribution in [2.45, 2.75) is 12.5 Å². The molecule has 0 bridgehead atoms. The lowest BCUT2D eigenvalue weighted by atomic mass is 10.0. The fourth-order valence-electron chi connectivity index (χ4n) is 2.35. The van der Waals surface area contributed by atoms with Gasteiger partial charge in [0.05, 0.1) is 12.6 Å². The molecule has 1 aliphatic heterocycles. The second-order valence-electron chi connectivity index (χ2n) is 4.80. The standard InChI is InChI=1S/C17H18N2O/c1-3-7-14(8-4-1)16(13-17-18-11-12-20-17)19-15-9-5-2-6-10-15/h1-10,16,19H,11-13H2/t16-/m1/s1. The van der Waals surface area contributed by atoms with Crippen molar-refractivity contribution in [3.63, 3.8) is 0 Å². The Morgan fingerprint density at radius 2 is 1.70 bits per heavy atom. The quantitative estimate of drug-likeness (QED) is 0.896. The van der Waals surface area contributed by atoms with Crippen LogP contribution in [0.1, 0.15) is 18.0 Å². The lowest BCUT2D eigenvalue weighted by Crippen LogP contribution is -2.15. The van der Waals surface area contributed by atoms with Crippen LogP contribution in [0.15, 0.2) is 65.7 Å². The number of anilines is 1. The van der Waals surface area contributed by atoms with Crippen LogP contribution in [-0.2, 0) is 4.74 Å². The predicted octanol–water partition coefficient (Wildman–Crippen LogP) is 3.66. The van der Waals surface area contributed by atoms with Gasteiger partial charge in [0.1, 0.15) is 6.61 Å². The third-order valence-corrected chi connectivity index (χ3v) is 3.34. The molecule has 3 heteroatoms. The van der Waals surface area contributed by atoms with E-state index in [9.17, 15) is 0 Å². The molecule has 0 radical (unpaired) electrons. The number of hydrogen-bond donors (Lipinski definition) is 1. The monoisotopic (exact) mass is 266 g/mol. The molecule has 0 aliphatic carbocycles. The number of hydrogen-bond acceptors (Lipinski definition) is 3. The third-order valence-electron chi connectivity index (χ3n) is 3.34. The summed E-state index contributed by atoms with van der Waals surface area (Å²) in [5.74, 6) is 0.849. The molecule has 0 spiro atoms. The van der Waals surface area contributed by atoms with Gasteiger partial charge in [0.15, 0.2) is 5.90 Å². The average Bonchev–Trinajstić information content (AvgIpc) is 3.02. The molecule has 0 unspecified atom stereocenters. The maximum atomic E-state index is 5.55. The van der Waals surface area contributed by atoms with Gasteiger partial charge in [-0.1, -0.05) is 48.5 Å². The molecule has 0 amide bonds. The maximum absolute atomic E-state index is 5.55. The van der Waals surface area contributed by atoms with Crippen molar-refractivity contribution in [2.75, 3.05) is 18.5 Å². The van der Waals surface area contributed by atoms with E-state index in [1.807, 2.05) is 24.3 Å². The Kier molecular flexibility index (Phi) is 3.97. The van der Waals surface area contributed by atoms with Crippen molar-refractivity contribution in [2.24, 2.45) is 4.99 Å². The fourth-order valence-corrected chi connectivity index (χ4v) is 2.35. The molecular weight excluding hydrogens is 248 g/mol. The summed E-state index contributed by atoms with van der Waals surface area (Å²) in [4.78, 5) is 4.40. The predicted molar refractivity (Wildman–Crippen MR) is 82.1 cm³/mol. The highest BCUT2D eigenvalue weighted by molar-refractivity contribution is 5.78. The Bertz CT molecular complexity index is 566. The second-order valence-corrected chi connectivity index (χ2v) is 4.80. The van der Waals surface area contributed by atoms with Crippen LogP contribution in [-0.4, -0.2) is 19.0 Å². The summed E-state index contributed by atoms with van der Waals surface area (Å²) in [6.45, 7) is 1.49. The van der Waals surface area contributed by atoms with Gasteiger partial charge >= 0.3 is 0 Å². The molecule has 102 valence electrons. The summed E-state index contributed by atoms with van der Waals surface area (Å²) in [6.07, 6.45) is 0.777. The van der Waals surface area contributed by atoms with E-state index < -0.39 is 0 Å². The molecule has 0 aromatic heterocycles. The second kappa shape index (κ2) is 6.24. The number of ether oxygens (including phenoxy) is 1. The number of nitrogens with zero attached hydrogens (tertiary/aromatic N) is 1. The molecule has 20 heavy (non-hydrogen) atoms. The molecule has 2 aromatic carbocycles. The summed E-state index contributed by atoms with van der Waals surface area (Å²) in [5.41, 5.74) is 2.36. The third kappa shape index (κ3) is 3.18. The molecule has 1 atom stereocenters. The Balaban J connectivity index is 1.79. The lowest BCUT2D eigenvalue weighted by Gasteiger charge is -2.20. The summed E-state index contributed by atoms with van der Waals surface area (Å²) < 4.78 is 5.55. The van der Waals surface area contributed by atoms with E-state index in [1.54, 1.807) is 0 Å².